The molecule has 1 aromatic rings. The highest BCUT2D eigenvalue weighted by Crippen LogP contribution is 2.23. The Morgan fingerprint density at radius 3 is 2.67 bits per heavy atom. The Morgan fingerprint density at radius 2 is 2.27 bits per heavy atom. The van der Waals surface area contributed by atoms with Crippen molar-refractivity contribution in [2.24, 2.45) is 13.0 Å². The summed E-state index contributed by atoms with van der Waals surface area (Å²) in [5.41, 5.74) is 1.56. The van der Waals surface area contributed by atoms with Crippen molar-refractivity contribution in [3.63, 3.8) is 0 Å². The zero-order valence-electron chi connectivity index (χ0n) is 9.14. The molecule has 0 bridgehead atoms. The highest BCUT2D eigenvalue weighted by atomic mass is 16.4. The van der Waals surface area contributed by atoms with E-state index in [0.717, 1.165) is 5.69 Å². The minimum Gasteiger partial charge on any atom is -0.481 e. The number of aliphatic hydroxyl groups is 1. The molecule has 0 fully saturated rings. The Bertz CT molecular complexity index is 360. The number of aliphatic carboxylic acids is 1. The molecule has 2 unspecified atom stereocenters. The molecule has 0 spiro atoms. The largest absolute Gasteiger partial charge is 0.481 e. The second kappa shape index (κ2) is 4.44. The van der Waals surface area contributed by atoms with Crippen LogP contribution in [0.4, 0.5) is 0 Å². The van der Waals surface area contributed by atoms with E-state index in [4.69, 9.17) is 5.11 Å². The zero-order valence-corrected chi connectivity index (χ0v) is 9.14. The fourth-order valence-corrected chi connectivity index (χ4v) is 1.41. The van der Waals surface area contributed by atoms with Gasteiger partial charge in [0.15, 0.2) is 0 Å². The lowest BCUT2D eigenvalue weighted by atomic mass is 9.99. The molecule has 5 heteroatoms. The zero-order chi connectivity index (χ0) is 11.6. The minimum absolute atomic E-state index is 0.210. The smallest absolute Gasteiger partial charge is 0.306 e. The maximum Gasteiger partial charge on any atom is 0.306 e. The maximum atomic E-state index is 10.6. The van der Waals surface area contributed by atoms with Gasteiger partial charge >= 0.3 is 5.97 Å². The topological polar surface area (TPSA) is 75.3 Å². The Balaban J connectivity index is 2.73. The van der Waals surface area contributed by atoms with E-state index in [9.17, 15) is 9.90 Å². The SMILES string of the molecule is Cc1c(C(O)CC(C)C(=O)O)cnn1C. The first-order chi connectivity index (χ1) is 6.93. The van der Waals surface area contributed by atoms with Gasteiger partial charge in [-0.1, -0.05) is 6.92 Å². The van der Waals surface area contributed by atoms with Crippen molar-refractivity contribution in [2.75, 3.05) is 0 Å². The molecule has 2 atom stereocenters. The van der Waals surface area contributed by atoms with Crippen molar-refractivity contribution in [1.29, 1.82) is 0 Å². The second-order valence-electron chi connectivity index (χ2n) is 3.80. The molecule has 2 N–H and O–H groups in total. The van der Waals surface area contributed by atoms with Gasteiger partial charge in [-0.25, -0.2) is 0 Å². The summed E-state index contributed by atoms with van der Waals surface area (Å²) < 4.78 is 1.66. The van der Waals surface area contributed by atoms with E-state index < -0.39 is 18.0 Å². The Kier molecular flexibility index (Phi) is 3.47. The van der Waals surface area contributed by atoms with Gasteiger partial charge in [-0.05, 0) is 13.3 Å². The first-order valence-electron chi connectivity index (χ1n) is 4.82. The van der Waals surface area contributed by atoms with Crippen LogP contribution in [-0.2, 0) is 11.8 Å². The summed E-state index contributed by atoms with van der Waals surface area (Å²) in [6, 6.07) is 0. The molecule has 5 nitrogen and oxygen atoms in total. The number of carbonyl (C=O) groups is 1. The van der Waals surface area contributed by atoms with Crippen molar-refractivity contribution in [1.82, 2.24) is 9.78 Å². The van der Waals surface area contributed by atoms with Crippen LogP contribution in [0.5, 0.6) is 0 Å². The van der Waals surface area contributed by atoms with Crippen LogP contribution in [0.25, 0.3) is 0 Å². The molecule has 1 heterocycles. The van der Waals surface area contributed by atoms with Gasteiger partial charge < -0.3 is 10.2 Å². The number of hydrogen-bond acceptors (Lipinski definition) is 3. The molecule has 0 saturated carbocycles. The van der Waals surface area contributed by atoms with Crippen molar-refractivity contribution >= 4 is 5.97 Å². The van der Waals surface area contributed by atoms with Crippen molar-refractivity contribution in [3.8, 4) is 0 Å². The summed E-state index contributed by atoms with van der Waals surface area (Å²) in [4.78, 5) is 10.6. The molecule has 1 rings (SSSR count). The van der Waals surface area contributed by atoms with Gasteiger partial charge in [0.05, 0.1) is 18.2 Å². The predicted octanol–water partition coefficient (Wildman–Crippen LogP) is 0.873. The summed E-state index contributed by atoms with van der Waals surface area (Å²) in [5, 5.41) is 22.5. The van der Waals surface area contributed by atoms with Crippen molar-refractivity contribution in [2.45, 2.75) is 26.4 Å². The molecule has 0 aliphatic carbocycles. The molecule has 0 amide bonds. The van der Waals surface area contributed by atoms with E-state index >= 15 is 0 Å². The first-order valence-corrected chi connectivity index (χ1v) is 4.82. The monoisotopic (exact) mass is 212 g/mol. The number of hydrogen-bond donors (Lipinski definition) is 2. The van der Waals surface area contributed by atoms with Crippen LogP contribution in [-0.4, -0.2) is 26.0 Å². The lowest BCUT2D eigenvalue weighted by Crippen LogP contribution is -2.14. The third kappa shape index (κ3) is 2.56. The number of rotatable bonds is 4. The molecule has 0 aromatic carbocycles. The lowest BCUT2D eigenvalue weighted by molar-refractivity contribution is -0.142. The normalized spacial score (nSPS) is 14.9. The Hall–Kier alpha value is -1.36. The van der Waals surface area contributed by atoms with Crippen LogP contribution < -0.4 is 0 Å². The summed E-state index contributed by atoms with van der Waals surface area (Å²) in [6.07, 6.45) is 1.03. The van der Waals surface area contributed by atoms with Gasteiger partial charge in [-0.2, -0.15) is 5.10 Å². The standard InChI is InChI=1S/C10H16N2O3/c1-6(10(14)15)4-9(13)8-5-11-12(3)7(8)2/h5-6,9,13H,4H2,1-3H3,(H,14,15). The first kappa shape index (κ1) is 11.7. The highest BCUT2D eigenvalue weighted by Gasteiger charge is 2.20. The minimum atomic E-state index is -0.893. The number of carboxylic acid groups (broad SMARTS) is 1. The number of aryl methyl sites for hydroxylation is 1. The van der Waals surface area contributed by atoms with E-state index in [0.29, 0.717) is 5.56 Å². The molecular formula is C10H16N2O3. The van der Waals surface area contributed by atoms with Crippen LogP contribution in [0.1, 0.15) is 30.7 Å². The molecule has 84 valence electrons. The van der Waals surface area contributed by atoms with E-state index in [1.165, 1.54) is 0 Å². The number of nitrogens with zero attached hydrogens (tertiary/aromatic N) is 2. The van der Waals surface area contributed by atoms with Crippen LogP contribution in [0, 0.1) is 12.8 Å². The summed E-state index contributed by atoms with van der Waals surface area (Å²) in [5.74, 6) is -1.45. The van der Waals surface area contributed by atoms with E-state index in [2.05, 4.69) is 5.10 Å². The molecule has 15 heavy (non-hydrogen) atoms. The number of aromatic nitrogens is 2. The summed E-state index contributed by atoms with van der Waals surface area (Å²) in [6.45, 7) is 3.42. The molecule has 0 aliphatic heterocycles. The maximum absolute atomic E-state index is 10.6. The second-order valence-corrected chi connectivity index (χ2v) is 3.80. The third-order valence-corrected chi connectivity index (χ3v) is 2.63. The van der Waals surface area contributed by atoms with Crippen LogP contribution in [0.3, 0.4) is 0 Å². The number of carboxylic acids is 1. The summed E-state index contributed by atoms with van der Waals surface area (Å²) >= 11 is 0. The average molecular weight is 212 g/mol. The molecule has 0 aliphatic rings. The van der Waals surface area contributed by atoms with Gasteiger partial charge in [-0.3, -0.25) is 9.48 Å². The van der Waals surface area contributed by atoms with Gasteiger partial charge in [0.1, 0.15) is 0 Å². The summed E-state index contributed by atoms with van der Waals surface area (Å²) in [7, 11) is 1.78. The van der Waals surface area contributed by atoms with Crippen LogP contribution in [0.15, 0.2) is 6.20 Å². The van der Waals surface area contributed by atoms with E-state index in [1.54, 1.807) is 24.9 Å². The number of aliphatic hydroxyl groups excluding tert-OH is 1. The van der Waals surface area contributed by atoms with E-state index in [-0.39, 0.29) is 6.42 Å². The van der Waals surface area contributed by atoms with Crippen molar-refractivity contribution in [3.05, 3.63) is 17.5 Å². The fourth-order valence-electron chi connectivity index (χ4n) is 1.41. The van der Waals surface area contributed by atoms with Crippen LogP contribution >= 0.6 is 0 Å². The van der Waals surface area contributed by atoms with E-state index in [1.807, 2.05) is 6.92 Å². The van der Waals surface area contributed by atoms with Gasteiger partial charge in [0.25, 0.3) is 0 Å². The molecule has 1 aromatic heterocycles. The third-order valence-electron chi connectivity index (χ3n) is 2.63. The lowest BCUT2D eigenvalue weighted by Gasteiger charge is -2.12. The quantitative estimate of drug-likeness (QED) is 0.776. The van der Waals surface area contributed by atoms with Gasteiger partial charge in [-0.15, -0.1) is 0 Å². The molecule has 0 radical (unpaired) electrons. The van der Waals surface area contributed by atoms with Crippen molar-refractivity contribution < 1.29 is 15.0 Å². The average Bonchev–Trinajstić information content (AvgIpc) is 2.47. The molecular weight excluding hydrogens is 196 g/mol. The van der Waals surface area contributed by atoms with Gasteiger partial charge in [0, 0.05) is 18.3 Å². The van der Waals surface area contributed by atoms with Crippen LogP contribution in [0.2, 0.25) is 0 Å². The Morgan fingerprint density at radius 1 is 1.67 bits per heavy atom. The Labute approximate surface area is 88.3 Å². The molecule has 0 saturated heterocycles. The predicted molar refractivity (Wildman–Crippen MR) is 54.3 cm³/mol. The van der Waals surface area contributed by atoms with Gasteiger partial charge in [0.2, 0.25) is 0 Å². The highest BCUT2D eigenvalue weighted by molar-refractivity contribution is 5.69. The fraction of sp³-hybridized carbons (Fsp3) is 0.600.